The third-order valence-corrected chi connectivity index (χ3v) is 4.62. The number of amides is 1. The second-order valence-corrected chi connectivity index (χ2v) is 6.65. The smallest absolute Gasteiger partial charge is 0.236 e. The molecule has 7 heteroatoms. The Labute approximate surface area is 150 Å². The van der Waals surface area contributed by atoms with E-state index in [2.05, 4.69) is 4.98 Å². The van der Waals surface area contributed by atoms with Crippen LogP contribution in [0.4, 0.5) is 4.39 Å². The van der Waals surface area contributed by atoms with Crippen LogP contribution in [0, 0.1) is 17.3 Å². The molecule has 3 N–H and O–H groups in total. The van der Waals surface area contributed by atoms with E-state index in [4.69, 9.17) is 22.7 Å². The molecular formula is C18H18ClFN4O. The molecule has 0 bridgehead atoms. The molecule has 0 unspecified atom stereocenters. The predicted molar refractivity (Wildman–Crippen MR) is 94.8 cm³/mol. The van der Waals surface area contributed by atoms with Crippen molar-refractivity contribution in [3.63, 3.8) is 0 Å². The van der Waals surface area contributed by atoms with Gasteiger partial charge in [0.25, 0.3) is 0 Å². The van der Waals surface area contributed by atoms with Crippen molar-refractivity contribution >= 4 is 23.5 Å². The molecule has 1 amide bonds. The van der Waals surface area contributed by atoms with Gasteiger partial charge in [-0.05, 0) is 36.0 Å². The van der Waals surface area contributed by atoms with Crippen LogP contribution in [0.25, 0.3) is 11.1 Å². The van der Waals surface area contributed by atoms with Crippen molar-refractivity contribution in [2.24, 2.45) is 11.7 Å². The Balaban J connectivity index is 2.00. The van der Waals surface area contributed by atoms with Gasteiger partial charge in [0.05, 0.1) is 10.9 Å². The highest BCUT2D eigenvalue weighted by Gasteiger charge is 2.39. The number of hydrogen-bond donors (Lipinski definition) is 2. The van der Waals surface area contributed by atoms with E-state index in [-0.39, 0.29) is 23.3 Å². The first-order valence-corrected chi connectivity index (χ1v) is 8.29. The first-order chi connectivity index (χ1) is 11.9. The Kier molecular flexibility index (Phi) is 4.72. The molecule has 1 aliphatic carbocycles. The standard InChI is InChI=1S/C18H18ClFN4O/c1-24(18(21)22)17(25)15(10-5-6-10)12-4-2-3-11(7-12)14-8-13(19)9-23-16(14)20/h2-4,7-10,15H,5-6H2,1H3,(H3,21,22)/t15-/m0/s1. The summed E-state index contributed by atoms with van der Waals surface area (Å²) in [5.74, 6) is -1.32. The zero-order valence-electron chi connectivity index (χ0n) is 13.7. The van der Waals surface area contributed by atoms with Crippen molar-refractivity contribution in [3.8, 4) is 11.1 Å². The summed E-state index contributed by atoms with van der Waals surface area (Å²) in [6.45, 7) is 0. The summed E-state index contributed by atoms with van der Waals surface area (Å²) in [5, 5.41) is 7.83. The summed E-state index contributed by atoms with van der Waals surface area (Å²) < 4.78 is 14.1. The number of guanidine groups is 1. The van der Waals surface area contributed by atoms with E-state index >= 15 is 0 Å². The van der Waals surface area contributed by atoms with Crippen molar-refractivity contribution in [3.05, 3.63) is 53.1 Å². The van der Waals surface area contributed by atoms with E-state index < -0.39 is 11.9 Å². The second-order valence-electron chi connectivity index (χ2n) is 6.21. The Morgan fingerprint density at radius 2 is 2.16 bits per heavy atom. The van der Waals surface area contributed by atoms with E-state index in [0.717, 1.165) is 23.3 Å². The minimum atomic E-state index is -0.614. The number of nitrogens with zero attached hydrogens (tertiary/aromatic N) is 2. The molecule has 0 radical (unpaired) electrons. The lowest BCUT2D eigenvalue weighted by molar-refractivity contribution is -0.128. The van der Waals surface area contributed by atoms with Crippen molar-refractivity contribution < 1.29 is 9.18 Å². The van der Waals surface area contributed by atoms with Crippen LogP contribution < -0.4 is 5.73 Å². The number of pyridine rings is 1. The fourth-order valence-corrected chi connectivity index (χ4v) is 3.06. The van der Waals surface area contributed by atoms with E-state index in [1.165, 1.54) is 19.3 Å². The van der Waals surface area contributed by atoms with Gasteiger partial charge in [0.1, 0.15) is 0 Å². The van der Waals surface area contributed by atoms with Gasteiger partial charge in [-0.2, -0.15) is 4.39 Å². The molecule has 2 aromatic rings. The molecule has 1 aliphatic rings. The number of rotatable bonds is 4. The van der Waals surface area contributed by atoms with E-state index in [1.54, 1.807) is 18.2 Å². The largest absolute Gasteiger partial charge is 0.370 e. The number of hydrogen-bond acceptors (Lipinski definition) is 3. The maximum atomic E-state index is 14.1. The van der Waals surface area contributed by atoms with Gasteiger partial charge in [0.2, 0.25) is 11.9 Å². The topological polar surface area (TPSA) is 83.1 Å². The highest BCUT2D eigenvalue weighted by Crippen LogP contribution is 2.44. The number of benzene rings is 1. The number of carbonyl (C=O) groups excluding carboxylic acids is 1. The molecule has 1 aromatic carbocycles. The highest BCUT2D eigenvalue weighted by molar-refractivity contribution is 6.30. The molecule has 3 rings (SSSR count). The molecule has 130 valence electrons. The van der Waals surface area contributed by atoms with Crippen molar-refractivity contribution in [1.82, 2.24) is 9.88 Å². The molecule has 1 fully saturated rings. The molecule has 1 heterocycles. The third kappa shape index (κ3) is 3.64. The SMILES string of the molecule is CN(C(=N)N)C(=O)[C@H](c1cccc(-c2cc(Cl)cnc2F)c1)C1CC1. The molecule has 1 saturated carbocycles. The highest BCUT2D eigenvalue weighted by atomic mass is 35.5. The van der Waals surface area contributed by atoms with Crippen molar-refractivity contribution in [2.75, 3.05) is 7.05 Å². The van der Waals surface area contributed by atoms with Gasteiger partial charge in [-0.15, -0.1) is 0 Å². The summed E-state index contributed by atoms with van der Waals surface area (Å²) in [4.78, 5) is 17.5. The van der Waals surface area contributed by atoms with Gasteiger partial charge in [0.15, 0.2) is 5.96 Å². The van der Waals surface area contributed by atoms with Crippen LogP contribution in [-0.4, -0.2) is 28.8 Å². The molecule has 5 nitrogen and oxygen atoms in total. The summed E-state index contributed by atoms with van der Waals surface area (Å²) in [6.07, 6.45) is 3.14. The molecule has 0 saturated heterocycles. The number of carbonyl (C=O) groups is 1. The minimum Gasteiger partial charge on any atom is -0.370 e. The van der Waals surface area contributed by atoms with E-state index in [1.807, 2.05) is 6.07 Å². The second kappa shape index (κ2) is 6.80. The first kappa shape index (κ1) is 17.4. The van der Waals surface area contributed by atoms with E-state index in [9.17, 15) is 9.18 Å². The Hall–Kier alpha value is -2.47. The number of aromatic nitrogens is 1. The normalized spacial score (nSPS) is 14.8. The summed E-state index contributed by atoms with van der Waals surface area (Å²) in [6, 6.07) is 8.67. The Morgan fingerprint density at radius 1 is 1.44 bits per heavy atom. The number of halogens is 2. The van der Waals surface area contributed by atoms with E-state index in [0.29, 0.717) is 10.6 Å². The van der Waals surface area contributed by atoms with Crippen LogP contribution in [0.15, 0.2) is 36.5 Å². The molecular weight excluding hydrogens is 343 g/mol. The average Bonchev–Trinajstić information content (AvgIpc) is 3.41. The molecule has 1 atom stereocenters. The zero-order chi connectivity index (χ0) is 18.1. The van der Waals surface area contributed by atoms with Gasteiger partial charge in [-0.1, -0.05) is 35.9 Å². The number of nitrogens with one attached hydrogen (secondary N) is 1. The predicted octanol–water partition coefficient (Wildman–Crippen LogP) is 3.39. The monoisotopic (exact) mass is 360 g/mol. The average molecular weight is 361 g/mol. The van der Waals surface area contributed by atoms with Gasteiger partial charge in [-0.25, -0.2) is 4.98 Å². The zero-order valence-corrected chi connectivity index (χ0v) is 14.4. The lowest BCUT2D eigenvalue weighted by Crippen LogP contribution is -2.41. The minimum absolute atomic E-state index is 0.215. The number of likely N-dealkylation sites (N-methyl/N-ethyl adjacent to an activating group) is 1. The van der Waals surface area contributed by atoms with Gasteiger partial charge < -0.3 is 5.73 Å². The fraction of sp³-hybridized carbons (Fsp3) is 0.278. The summed E-state index contributed by atoms with van der Waals surface area (Å²) >= 11 is 5.93. The lowest BCUT2D eigenvalue weighted by atomic mass is 9.90. The van der Waals surface area contributed by atoms with Crippen LogP contribution in [0.1, 0.15) is 24.3 Å². The summed E-state index contributed by atoms with van der Waals surface area (Å²) in [7, 11) is 1.49. The van der Waals surface area contributed by atoms with Crippen LogP contribution in [0.3, 0.4) is 0 Å². The Morgan fingerprint density at radius 3 is 2.80 bits per heavy atom. The van der Waals surface area contributed by atoms with Gasteiger partial charge in [0, 0.05) is 18.8 Å². The van der Waals surface area contributed by atoms with Crippen molar-refractivity contribution in [2.45, 2.75) is 18.8 Å². The molecule has 25 heavy (non-hydrogen) atoms. The summed E-state index contributed by atoms with van der Waals surface area (Å²) in [5.41, 5.74) is 7.12. The Bertz CT molecular complexity index is 838. The van der Waals surface area contributed by atoms with Crippen molar-refractivity contribution in [1.29, 1.82) is 5.41 Å². The fourth-order valence-electron chi connectivity index (χ4n) is 2.90. The maximum Gasteiger partial charge on any atom is 0.236 e. The van der Waals surface area contributed by atoms with Gasteiger partial charge >= 0.3 is 0 Å². The van der Waals surface area contributed by atoms with Crippen LogP contribution in [0.2, 0.25) is 5.02 Å². The van der Waals surface area contributed by atoms with Gasteiger partial charge in [-0.3, -0.25) is 15.1 Å². The van der Waals surface area contributed by atoms with Crippen LogP contribution >= 0.6 is 11.6 Å². The maximum absolute atomic E-state index is 14.1. The molecule has 1 aromatic heterocycles. The lowest BCUT2D eigenvalue weighted by Gasteiger charge is -2.23. The van der Waals surface area contributed by atoms with Crippen LogP contribution in [-0.2, 0) is 4.79 Å². The van der Waals surface area contributed by atoms with Crippen LogP contribution in [0.5, 0.6) is 0 Å². The first-order valence-electron chi connectivity index (χ1n) is 7.91. The quantitative estimate of drug-likeness (QED) is 0.498. The third-order valence-electron chi connectivity index (χ3n) is 4.41. The number of nitrogens with two attached hydrogens (primary N) is 1. The molecule has 0 aliphatic heterocycles. The molecule has 0 spiro atoms.